The lowest BCUT2D eigenvalue weighted by Gasteiger charge is -2.29. The van der Waals surface area contributed by atoms with E-state index in [1.165, 1.54) is 19.3 Å². The molecule has 1 aromatic rings. The summed E-state index contributed by atoms with van der Waals surface area (Å²) in [5.41, 5.74) is 3.37. The fourth-order valence-electron chi connectivity index (χ4n) is 2.50. The van der Waals surface area contributed by atoms with E-state index in [4.69, 9.17) is 0 Å². The van der Waals surface area contributed by atoms with E-state index >= 15 is 0 Å². The standard InChI is InChI=1S/C15H23N/c1-15(2,3)16-11-13-9-6-8-12-7-4-5-10-14(12)13/h4-5,7,10,13,16H,6,8-9,11H2,1-3H3. The van der Waals surface area contributed by atoms with Crippen LogP contribution in [0.2, 0.25) is 0 Å². The Morgan fingerprint density at radius 3 is 2.75 bits per heavy atom. The van der Waals surface area contributed by atoms with Gasteiger partial charge in [-0.2, -0.15) is 0 Å². The van der Waals surface area contributed by atoms with Gasteiger partial charge in [0, 0.05) is 12.1 Å². The molecule has 1 unspecified atom stereocenters. The summed E-state index contributed by atoms with van der Waals surface area (Å²) in [5, 5.41) is 3.63. The Labute approximate surface area is 99.3 Å². The molecule has 1 nitrogen and oxygen atoms in total. The molecule has 0 bridgehead atoms. The molecule has 0 saturated carbocycles. The summed E-state index contributed by atoms with van der Waals surface area (Å²) in [5.74, 6) is 0.712. The van der Waals surface area contributed by atoms with Crippen molar-refractivity contribution in [1.29, 1.82) is 0 Å². The predicted molar refractivity (Wildman–Crippen MR) is 69.9 cm³/mol. The van der Waals surface area contributed by atoms with Gasteiger partial charge in [-0.15, -0.1) is 0 Å². The molecule has 1 heteroatoms. The maximum absolute atomic E-state index is 3.63. The highest BCUT2D eigenvalue weighted by molar-refractivity contribution is 5.32. The van der Waals surface area contributed by atoms with Gasteiger partial charge in [0.15, 0.2) is 0 Å². The van der Waals surface area contributed by atoms with Crippen LogP contribution in [-0.4, -0.2) is 12.1 Å². The molecule has 16 heavy (non-hydrogen) atoms. The van der Waals surface area contributed by atoms with E-state index in [0.29, 0.717) is 5.92 Å². The van der Waals surface area contributed by atoms with Crippen LogP contribution in [-0.2, 0) is 6.42 Å². The Morgan fingerprint density at radius 2 is 2.00 bits per heavy atom. The minimum absolute atomic E-state index is 0.229. The van der Waals surface area contributed by atoms with Crippen LogP contribution in [0.5, 0.6) is 0 Å². The summed E-state index contributed by atoms with van der Waals surface area (Å²) in [6, 6.07) is 8.94. The normalized spacial score (nSPS) is 20.6. The molecule has 1 aliphatic rings. The third-order valence-corrected chi connectivity index (χ3v) is 3.37. The molecule has 88 valence electrons. The van der Waals surface area contributed by atoms with Crippen molar-refractivity contribution in [3.63, 3.8) is 0 Å². The van der Waals surface area contributed by atoms with Crippen LogP contribution in [0.25, 0.3) is 0 Å². The average molecular weight is 217 g/mol. The maximum atomic E-state index is 3.63. The van der Waals surface area contributed by atoms with Crippen molar-refractivity contribution in [2.45, 2.75) is 51.5 Å². The summed E-state index contributed by atoms with van der Waals surface area (Å²) >= 11 is 0. The molecule has 1 aromatic carbocycles. The fraction of sp³-hybridized carbons (Fsp3) is 0.600. The quantitative estimate of drug-likeness (QED) is 0.799. The SMILES string of the molecule is CC(C)(C)NCC1CCCc2ccccc21. The number of rotatable bonds is 2. The number of aryl methyl sites for hydroxylation is 1. The monoisotopic (exact) mass is 217 g/mol. The highest BCUT2D eigenvalue weighted by Gasteiger charge is 2.21. The van der Waals surface area contributed by atoms with Crippen molar-refractivity contribution < 1.29 is 0 Å². The number of nitrogens with one attached hydrogen (secondary N) is 1. The molecule has 0 aliphatic heterocycles. The van der Waals surface area contributed by atoms with Gasteiger partial charge in [0.05, 0.1) is 0 Å². The van der Waals surface area contributed by atoms with E-state index in [1.54, 1.807) is 11.1 Å². The van der Waals surface area contributed by atoms with Gasteiger partial charge in [-0.1, -0.05) is 24.3 Å². The smallest absolute Gasteiger partial charge is 0.00967 e. The van der Waals surface area contributed by atoms with Crippen molar-refractivity contribution in [1.82, 2.24) is 5.32 Å². The minimum atomic E-state index is 0.229. The molecule has 2 rings (SSSR count). The summed E-state index contributed by atoms with van der Waals surface area (Å²) < 4.78 is 0. The molecule has 1 atom stereocenters. The van der Waals surface area contributed by atoms with Crippen molar-refractivity contribution in [2.24, 2.45) is 0 Å². The van der Waals surface area contributed by atoms with Gasteiger partial charge >= 0.3 is 0 Å². The molecular formula is C15H23N. The first-order chi connectivity index (χ1) is 7.56. The summed E-state index contributed by atoms with van der Waals surface area (Å²) in [7, 11) is 0. The highest BCUT2D eigenvalue weighted by Crippen LogP contribution is 2.31. The average Bonchev–Trinajstić information content (AvgIpc) is 2.25. The molecular weight excluding hydrogens is 194 g/mol. The van der Waals surface area contributed by atoms with Crippen LogP contribution in [0.1, 0.15) is 50.7 Å². The minimum Gasteiger partial charge on any atom is -0.311 e. The Hall–Kier alpha value is -0.820. The molecule has 0 radical (unpaired) electrons. The Morgan fingerprint density at radius 1 is 1.25 bits per heavy atom. The zero-order valence-corrected chi connectivity index (χ0v) is 10.7. The molecule has 0 amide bonds. The first-order valence-corrected chi connectivity index (χ1v) is 6.39. The third kappa shape index (κ3) is 2.85. The van der Waals surface area contributed by atoms with Crippen molar-refractivity contribution >= 4 is 0 Å². The summed E-state index contributed by atoms with van der Waals surface area (Å²) in [6.07, 6.45) is 3.94. The Bertz CT molecular complexity index is 349. The van der Waals surface area contributed by atoms with Crippen LogP contribution in [0, 0.1) is 0 Å². The maximum Gasteiger partial charge on any atom is 0.00967 e. The number of hydrogen-bond donors (Lipinski definition) is 1. The lowest BCUT2D eigenvalue weighted by atomic mass is 9.82. The molecule has 0 saturated heterocycles. The van der Waals surface area contributed by atoms with Crippen molar-refractivity contribution in [2.75, 3.05) is 6.54 Å². The van der Waals surface area contributed by atoms with E-state index in [2.05, 4.69) is 50.4 Å². The topological polar surface area (TPSA) is 12.0 Å². The number of fused-ring (bicyclic) bond motifs is 1. The van der Waals surface area contributed by atoms with Gasteiger partial charge in [0.25, 0.3) is 0 Å². The van der Waals surface area contributed by atoms with Gasteiger partial charge in [0.1, 0.15) is 0 Å². The molecule has 0 heterocycles. The van der Waals surface area contributed by atoms with Crippen LogP contribution in [0.4, 0.5) is 0 Å². The van der Waals surface area contributed by atoms with Crippen LogP contribution >= 0.6 is 0 Å². The molecule has 0 aromatic heterocycles. The van der Waals surface area contributed by atoms with E-state index in [0.717, 1.165) is 6.54 Å². The Kier molecular flexibility index (Phi) is 3.34. The summed E-state index contributed by atoms with van der Waals surface area (Å²) in [4.78, 5) is 0. The number of hydrogen-bond acceptors (Lipinski definition) is 1. The van der Waals surface area contributed by atoms with Gasteiger partial charge in [0.2, 0.25) is 0 Å². The van der Waals surface area contributed by atoms with Crippen LogP contribution in [0.3, 0.4) is 0 Å². The zero-order valence-electron chi connectivity index (χ0n) is 10.7. The lowest BCUT2D eigenvalue weighted by molar-refractivity contribution is 0.390. The first kappa shape index (κ1) is 11.7. The fourth-order valence-corrected chi connectivity index (χ4v) is 2.50. The third-order valence-electron chi connectivity index (χ3n) is 3.37. The van der Waals surface area contributed by atoms with E-state index in [9.17, 15) is 0 Å². The van der Waals surface area contributed by atoms with Gasteiger partial charge < -0.3 is 5.32 Å². The lowest BCUT2D eigenvalue weighted by Crippen LogP contribution is -2.39. The molecule has 0 spiro atoms. The van der Waals surface area contributed by atoms with Gasteiger partial charge in [-0.25, -0.2) is 0 Å². The highest BCUT2D eigenvalue weighted by atomic mass is 14.9. The van der Waals surface area contributed by atoms with Crippen LogP contribution in [0.15, 0.2) is 24.3 Å². The molecule has 1 aliphatic carbocycles. The van der Waals surface area contributed by atoms with Crippen LogP contribution < -0.4 is 5.32 Å². The van der Waals surface area contributed by atoms with E-state index < -0.39 is 0 Å². The second-order valence-corrected chi connectivity index (χ2v) is 5.92. The zero-order chi connectivity index (χ0) is 11.6. The van der Waals surface area contributed by atoms with Gasteiger partial charge in [-0.05, 0) is 57.1 Å². The first-order valence-electron chi connectivity index (χ1n) is 6.39. The van der Waals surface area contributed by atoms with Gasteiger partial charge in [-0.3, -0.25) is 0 Å². The van der Waals surface area contributed by atoms with Crippen molar-refractivity contribution in [3.05, 3.63) is 35.4 Å². The number of benzene rings is 1. The Balaban J connectivity index is 2.07. The van der Waals surface area contributed by atoms with E-state index in [-0.39, 0.29) is 5.54 Å². The summed E-state index contributed by atoms with van der Waals surface area (Å²) in [6.45, 7) is 7.83. The second kappa shape index (κ2) is 4.58. The molecule has 0 fully saturated rings. The van der Waals surface area contributed by atoms with E-state index in [1.807, 2.05) is 0 Å². The molecule has 1 N–H and O–H groups in total. The second-order valence-electron chi connectivity index (χ2n) is 5.92. The predicted octanol–water partition coefficient (Wildman–Crippen LogP) is 3.49. The largest absolute Gasteiger partial charge is 0.311 e. The van der Waals surface area contributed by atoms with Crippen molar-refractivity contribution in [3.8, 4) is 0 Å².